The molecule has 0 bridgehead atoms. The Hall–Kier alpha value is -4.04. The summed E-state index contributed by atoms with van der Waals surface area (Å²) in [6.45, 7) is 2.14. The summed E-state index contributed by atoms with van der Waals surface area (Å²) in [7, 11) is 0. The summed E-state index contributed by atoms with van der Waals surface area (Å²) < 4.78 is 4.87. The highest BCUT2D eigenvalue weighted by Gasteiger charge is 2.19. The zero-order chi connectivity index (χ0) is 21.9. The normalized spacial score (nSPS) is 13.2. The van der Waals surface area contributed by atoms with E-state index in [0.29, 0.717) is 0 Å². The van der Waals surface area contributed by atoms with Gasteiger partial charge in [0.05, 0.1) is 16.6 Å². The molecule has 6 aromatic rings. The second-order valence-electron chi connectivity index (χ2n) is 9.04. The Bertz CT molecular complexity index is 1710. The van der Waals surface area contributed by atoms with Gasteiger partial charge in [0.25, 0.3) is 0 Å². The van der Waals surface area contributed by atoms with Crippen LogP contribution >= 0.6 is 0 Å². The first-order valence-electron chi connectivity index (χ1n) is 11.7. The van der Waals surface area contributed by atoms with Crippen molar-refractivity contribution in [2.24, 2.45) is 0 Å². The molecule has 0 N–H and O–H groups in total. The molecule has 0 saturated carbocycles. The highest BCUT2D eigenvalue weighted by Crippen LogP contribution is 2.37. The Morgan fingerprint density at radius 3 is 2.09 bits per heavy atom. The van der Waals surface area contributed by atoms with Gasteiger partial charge in [-0.25, -0.2) is 0 Å². The van der Waals surface area contributed by atoms with Crippen LogP contribution in [0, 0.1) is 6.92 Å². The maximum absolute atomic E-state index is 2.48. The Morgan fingerprint density at radius 2 is 1.27 bits per heavy atom. The van der Waals surface area contributed by atoms with Gasteiger partial charge >= 0.3 is 0 Å². The molecular weight excluding hydrogens is 400 g/mol. The Labute approximate surface area is 193 Å². The molecule has 0 spiro atoms. The van der Waals surface area contributed by atoms with Crippen molar-refractivity contribution < 1.29 is 0 Å². The number of hydrogen-bond donors (Lipinski definition) is 0. The van der Waals surface area contributed by atoms with Gasteiger partial charge in [0.2, 0.25) is 0 Å². The Kier molecular flexibility index (Phi) is 3.92. The van der Waals surface area contributed by atoms with Crippen LogP contribution in [0.2, 0.25) is 0 Å². The van der Waals surface area contributed by atoms with E-state index in [9.17, 15) is 0 Å². The molecule has 0 saturated heterocycles. The van der Waals surface area contributed by atoms with Gasteiger partial charge in [-0.3, -0.25) is 0 Å². The van der Waals surface area contributed by atoms with E-state index in [-0.39, 0.29) is 0 Å². The summed E-state index contributed by atoms with van der Waals surface area (Å²) in [5.41, 5.74) is 10.3. The van der Waals surface area contributed by atoms with Crippen LogP contribution in [0.25, 0.3) is 50.2 Å². The molecule has 0 radical (unpaired) electrons. The van der Waals surface area contributed by atoms with Gasteiger partial charge in [-0.15, -0.1) is 0 Å². The van der Waals surface area contributed by atoms with Gasteiger partial charge in [0, 0.05) is 38.8 Å². The molecule has 1 aliphatic carbocycles. The van der Waals surface area contributed by atoms with Gasteiger partial charge < -0.3 is 9.13 Å². The van der Waals surface area contributed by atoms with E-state index in [1.54, 1.807) is 0 Å². The first-order chi connectivity index (χ1) is 16.3. The summed E-state index contributed by atoms with van der Waals surface area (Å²) in [5, 5.41) is 3.92. The van der Waals surface area contributed by atoms with Crippen LogP contribution in [0.5, 0.6) is 0 Å². The number of nitrogens with zero attached hydrogens (tertiary/aromatic N) is 2. The number of para-hydroxylation sites is 2. The minimum Gasteiger partial charge on any atom is -0.313 e. The second kappa shape index (κ2) is 6.98. The van der Waals surface area contributed by atoms with Crippen molar-refractivity contribution >= 4 is 38.8 Å². The van der Waals surface area contributed by atoms with Crippen molar-refractivity contribution in [3.05, 3.63) is 114 Å². The molecule has 158 valence electrons. The number of rotatable bonds is 2. The van der Waals surface area contributed by atoms with Crippen LogP contribution in [0.15, 0.2) is 97.1 Å². The topological polar surface area (TPSA) is 9.86 Å². The SMILES string of the molecule is Cc1ccc(-n2c3ccccc3c3cc(-n4c5c(c6ccccc64)C=CCC5)ccc32)cc1. The van der Waals surface area contributed by atoms with Gasteiger partial charge in [0.1, 0.15) is 0 Å². The van der Waals surface area contributed by atoms with Gasteiger partial charge in [-0.05, 0) is 62.2 Å². The van der Waals surface area contributed by atoms with Crippen molar-refractivity contribution in [1.29, 1.82) is 0 Å². The van der Waals surface area contributed by atoms with E-state index in [1.807, 2.05) is 0 Å². The molecule has 7 rings (SSSR count). The largest absolute Gasteiger partial charge is 0.313 e. The highest BCUT2D eigenvalue weighted by atomic mass is 15.0. The number of hydrogen-bond acceptors (Lipinski definition) is 0. The lowest BCUT2D eigenvalue weighted by atomic mass is 10.0. The van der Waals surface area contributed by atoms with E-state index < -0.39 is 0 Å². The predicted octanol–water partition coefficient (Wildman–Crippen LogP) is 8.00. The lowest BCUT2D eigenvalue weighted by molar-refractivity contribution is 0.889. The average Bonchev–Trinajstić information content (AvgIpc) is 3.37. The molecule has 2 heterocycles. The smallest absolute Gasteiger partial charge is 0.0542 e. The fraction of sp³-hybridized carbons (Fsp3) is 0.0968. The maximum atomic E-state index is 2.48. The molecule has 0 fully saturated rings. The molecular formula is C31H24N2. The third-order valence-electron chi connectivity index (χ3n) is 7.05. The lowest BCUT2D eigenvalue weighted by Crippen LogP contribution is -2.03. The summed E-state index contributed by atoms with van der Waals surface area (Å²) >= 11 is 0. The van der Waals surface area contributed by atoms with Crippen molar-refractivity contribution in [3.8, 4) is 11.4 Å². The molecule has 0 unspecified atom stereocenters. The van der Waals surface area contributed by atoms with Crippen molar-refractivity contribution in [3.63, 3.8) is 0 Å². The van der Waals surface area contributed by atoms with Crippen LogP contribution in [0.4, 0.5) is 0 Å². The van der Waals surface area contributed by atoms with E-state index >= 15 is 0 Å². The van der Waals surface area contributed by atoms with Crippen LogP contribution < -0.4 is 0 Å². The first-order valence-corrected chi connectivity index (χ1v) is 11.7. The molecule has 0 amide bonds. The Morgan fingerprint density at radius 1 is 0.606 bits per heavy atom. The summed E-state index contributed by atoms with van der Waals surface area (Å²) in [5.74, 6) is 0. The zero-order valence-electron chi connectivity index (χ0n) is 18.6. The van der Waals surface area contributed by atoms with Gasteiger partial charge in [-0.1, -0.05) is 66.2 Å². The van der Waals surface area contributed by atoms with Crippen molar-refractivity contribution in [2.75, 3.05) is 0 Å². The molecule has 2 nitrogen and oxygen atoms in total. The third-order valence-corrected chi connectivity index (χ3v) is 7.05. The average molecular weight is 425 g/mol. The number of benzene rings is 4. The molecule has 0 aliphatic heterocycles. The molecule has 1 aliphatic rings. The first kappa shape index (κ1) is 18.5. The van der Waals surface area contributed by atoms with Crippen LogP contribution in [-0.2, 0) is 6.42 Å². The van der Waals surface area contributed by atoms with E-state index in [1.165, 1.54) is 60.9 Å². The quantitative estimate of drug-likeness (QED) is 0.266. The second-order valence-corrected chi connectivity index (χ2v) is 9.04. The number of fused-ring (bicyclic) bond motifs is 6. The summed E-state index contributed by atoms with van der Waals surface area (Å²) in [6.07, 6.45) is 6.78. The molecule has 0 atom stereocenters. The van der Waals surface area contributed by atoms with E-state index in [0.717, 1.165) is 12.8 Å². The maximum Gasteiger partial charge on any atom is 0.0542 e. The van der Waals surface area contributed by atoms with Crippen molar-refractivity contribution in [1.82, 2.24) is 9.13 Å². The monoisotopic (exact) mass is 424 g/mol. The molecule has 4 aromatic carbocycles. The van der Waals surface area contributed by atoms with Crippen LogP contribution in [0.3, 0.4) is 0 Å². The highest BCUT2D eigenvalue weighted by molar-refractivity contribution is 6.10. The Balaban J connectivity index is 1.54. The minimum atomic E-state index is 1.07. The van der Waals surface area contributed by atoms with Crippen molar-refractivity contribution in [2.45, 2.75) is 19.8 Å². The minimum absolute atomic E-state index is 1.07. The number of allylic oxidation sites excluding steroid dienone is 1. The standard InChI is InChI=1S/C31H24N2/c1-21-14-16-22(17-15-21)32-30-13-7-4-10-26(30)27-20-23(18-19-31(27)32)33-28-11-5-2-8-24(28)25-9-3-6-12-29(25)33/h2-5,7-11,13-20H,6,12H2,1H3. The zero-order valence-corrected chi connectivity index (χ0v) is 18.6. The number of aromatic nitrogens is 2. The third kappa shape index (κ3) is 2.67. The van der Waals surface area contributed by atoms with Crippen LogP contribution in [0.1, 0.15) is 23.2 Å². The predicted molar refractivity (Wildman–Crippen MR) is 140 cm³/mol. The van der Waals surface area contributed by atoms with Gasteiger partial charge in [-0.2, -0.15) is 0 Å². The number of aryl methyl sites for hydroxylation is 1. The van der Waals surface area contributed by atoms with E-state index in [2.05, 4.69) is 119 Å². The van der Waals surface area contributed by atoms with Crippen LogP contribution in [-0.4, -0.2) is 9.13 Å². The van der Waals surface area contributed by atoms with E-state index in [4.69, 9.17) is 0 Å². The molecule has 2 heteroatoms. The fourth-order valence-electron chi connectivity index (χ4n) is 5.54. The summed E-state index contributed by atoms with van der Waals surface area (Å²) in [4.78, 5) is 0. The van der Waals surface area contributed by atoms with Gasteiger partial charge in [0.15, 0.2) is 0 Å². The fourth-order valence-corrected chi connectivity index (χ4v) is 5.54. The molecule has 2 aromatic heterocycles. The lowest BCUT2D eigenvalue weighted by Gasteiger charge is -2.14. The summed E-state index contributed by atoms with van der Waals surface area (Å²) in [6, 6.07) is 33.3. The molecule has 33 heavy (non-hydrogen) atoms.